The maximum Gasteiger partial charge on any atom is 0.264 e. The van der Waals surface area contributed by atoms with Gasteiger partial charge in [0.1, 0.15) is 10.7 Å². The van der Waals surface area contributed by atoms with Gasteiger partial charge in [-0.1, -0.05) is 23.7 Å². The van der Waals surface area contributed by atoms with Gasteiger partial charge in [0.2, 0.25) is 5.91 Å². The number of carbonyl (C=O) groups excluding carboxylic acids is 2. The number of likely N-dealkylation sites (N-methyl/N-ethyl adjacent to an activating group) is 1. The molecule has 0 fully saturated rings. The molecule has 0 radical (unpaired) electrons. The van der Waals surface area contributed by atoms with E-state index >= 15 is 0 Å². The van der Waals surface area contributed by atoms with Crippen molar-refractivity contribution in [3.63, 3.8) is 0 Å². The Kier molecular flexibility index (Phi) is 5.43. The molecule has 8 heteroatoms. The number of benzene rings is 1. The van der Waals surface area contributed by atoms with Crippen molar-refractivity contribution in [2.75, 3.05) is 18.9 Å². The molecule has 140 valence electrons. The van der Waals surface area contributed by atoms with Crippen LogP contribution in [0.15, 0.2) is 24.3 Å². The monoisotopic (exact) mass is 402 g/mol. The summed E-state index contributed by atoms with van der Waals surface area (Å²) in [6, 6.07) is 6.96. The summed E-state index contributed by atoms with van der Waals surface area (Å²) in [7, 11) is 1.60. The van der Waals surface area contributed by atoms with E-state index in [-0.39, 0.29) is 18.4 Å². The fraction of sp³-hybridized carbons (Fsp3) is 0.263. The maximum atomic E-state index is 12.9. The number of aromatic nitrogens is 2. The predicted molar refractivity (Wildman–Crippen MR) is 109 cm³/mol. The van der Waals surface area contributed by atoms with Crippen molar-refractivity contribution in [1.29, 1.82) is 0 Å². The van der Waals surface area contributed by atoms with E-state index in [9.17, 15) is 9.59 Å². The molecule has 3 rings (SSSR count). The lowest BCUT2D eigenvalue weighted by Crippen LogP contribution is -2.34. The Labute approximate surface area is 166 Å². The number of rotatable bonds is 4. The zero-order valence-electron chi connectivity index (χ0n) is 15.5. The summed E-state index contributed by atoms with van der Waals surface area (Å²) >= 11 is 7.38. The van der Waals surface area contributed by atoms with Crippen molar-refractivity contribution in [1.82, 2.24) is 14.9 Å². The smallest absolute Gasteiger partial charge is 0.264 e. The third-order valence-electron chi connectivity index (χ3n) is 4.15. The van der Waals surface area contributed by atoms with Crippen molar-refractivity contribution in [3.05, 3.63) is 51.2 Å². The molecule has 2 heterocycles. The first kappa shape index (κ1) is 19.3. The van der Waals surface area contributed by atoms with E-state index in [0.717, 1.165) is 21.5 Å². The molecule has 2 aromatic heterocycles. The van der Waals surface area contributed by atoms with Gasteiger partial charge in [0, 0.05) is 18.1 Å². The Morgan fingerprint density at radius 2 is 1.89 bits per heavy atom. The molecular weight excluding hydrogens is 384 g/mol. The number of fused-ring (bicyclic) bond motifs is 1. The van der Waals surface area contributed by atoms with E-state index < -0.39 is 0 Å². The van der Waals surface area contributed by atoms with Crippen LogP contribution in [0.4, 0.5) is 5.69 Å². The van der Waals surface area contributed by atoms with Gasteiger partial charge in [0.15, 0.2) is 0 Å². The van der Waals surface area contributed by atoms with Crippen LogP contribution in [-0.2, 0) is 4.79 Å². The molecule has 0 atom stereocenters. The van der Waals surface area contributed by atoms with Crippen LogP contribution in [0, 0.1) is 20.8 Å². The fourth-order valence-electron chi connectivity index (χ4n) is 2.89. The number of halogens is 1. The summed E-state index contributed by atoms with van der Waals surface area (Å²) in [6.07, 6.45) is 0. The Balaban J connectivity index is 1.78. The largest absolute Gasteiger partial charge is 0.332 e. The van der Waals surface area contributed by atoms with Gasteiger partial charge in [-0.3, -0.25) is 9.59 Å². The van der Waals surface area contributed by atoms with Gasteiger partial charge < -0.3 is 10.2 Å². The quantitative estimate of drug-likeness (QED) is 0.716. The normalized spacial score (nSPS) is 10.9. The highest BCUT2D eigenvalue weighted by molar-refractivity contribution is 7.20. The maximum absolute atomic E-state index is 12.9. The summed E-state index contributed by atoms with van der Waals surface area (Å²) in [5.74, 6) is 0.138. The number of para-hydroxylation sites is 1. The first-order valence-corrected chi connectivity index (χ1v) is 9.51. The molecule has 27 heavy (non-hydrogen) atoms. The fourth-order valence-corrected chi connectivity index (χ4v) is 4.35. The van der Waals surface area contributed by atoms with Crippen molar-refractivity contribution < 1.29 is 9.59 Å². The number of hydrogen-bond donors (Lipinski definition) is 1. The topological polar surface area (TPSA) is 75.2 Å². The summed E-state index contributed by atoms with van der Waals surface area (Å²) in [6.45, 7) is 5.54. The van der Waals surface area contributed by atoms with Gasteiger partial charge in [0.05, 0.1) is 22.1 Å². The van der Waals surface area contributed by atoms with E-state index in [2.05, 4.69) is 15.3 Å². The van der Waals surface area contributed by atoms with E-state index in [1.807, 2.05) is 20.8 Å². The lowest BCUT2D eigenvalue weighted by molar-refractivity contribution is -0.116. The van der Waals surface area contributed by atoms with Crippen LogP contribution >= 0.6 is 22.9 Å². The standard InChI is InChI=1S/C19H19ClN4O2S/c1-10-16-11(2)21-12(3)22-18(16)27-17(10)19(26)24(4)9-15(25)23-14-8-6-5-7-13(14)20/h5-8H,9H2,1-4H3,(H,23,25). The Morgan fingerprint density at radius 3 is 2.59 bits per heavy atom. The second-order valence-electron chi connectivity index (χ2n) is 6.28. The van der Waals surface area contributed by atoms with Crippen LogP contribution in [0.1, 0.15) is 26.8 Å². The summed E-state index contributed by atoms with van der Waals surface area (Å²) in [4.78, 5) is 36.7. The van der Waals surface area contributed by atoms with Gasteiger partial charge in [-0.25, -0.2) is 9.97 Å². The number of carbonyl (C=O) groups is 2. The molecule has 0 aliphatic heterocycles. The summed E-state index contributed by atoms with van der Waals surface area (Å²) < 4.78 is 0. The highest BCUT2D eigenvalue weighted by Crippen LogP contribution is 2.32. The van der Waals surface area contributed by atoms with Crippen LogP contribution in [0.5, 0.6) is 0 Å². The lowest BCUT2D eigenvalue weighted by atomic mass is 10.1. The van der Waals surface area contributed by atoms with Gasteiger partial charge in [-0.05, 0) is 38.5 Å². The number of thiophene rings is 1. The van der Waals surface area contributed by atoms with Crippen LogP contribution in [-0.4, -0.2) is 40.3 Å². The molecular formula is C19H19ClN4O2S. The summed E-state index contributed by atoms with van der Waals surface area (Å²) in [5, 5.41) is 4.08. The molecule has 2 amide bonds. The highest BCUT2D eigenvalue weighted by atomic mass is 35.5. The third-order valence-corrected chi connectivity index (χ3v) is 5.66. The van der Waals surface area contributed by atoms with Crippen LogP contribution in [0.3, 0.4) is 0 Å². The van der Waals surface area contributed by atoms with Crippen LogP contribution < -0.4 is 5.32 Å². The van der Waals surface area contributed by atoms with Crippen molar-refractivity contribution in [2.45, 2.75) is 20.8 Å². The molecule has 1 aromatic carbocycles. The van der Waals surface area contributed by atoms with Crippen molar-refractivity contribution in [3.8, 4) is 0 Å². The molecule has 0 unspecified atom stereocenters. The Hall–Kier alpha value is -2.51. The summed E-state index contributed by atoms with van der Waals surface area (Å²) in [5.41, 5.74) is 2.21. The van der Waals surface area contributed by atoms with Crippen LogP contribution in [0.2, 0.25) is 5.02 Å². The first-order valence-electron chi connectivity index (χ1n) is 8.32. The SMILES string of the molecule is Cc1nc(C)c2c(C)c(C(=O)N(C)CC(=O)Nc3ccccc3Cl)sc2n1. The van der Waals surface area contributed by atoms with Crippen LogP contribution in [0.25, 0.3) is 10.2 Å². The zero-order valence-corrected chi connectivity index (χ0v) is 17.0. The van der Waals surface area contributed by atoms with Crippen molar-refractivity contribution in [2.24, 2.45) is 0 Å². The second-order valence-corrected chi connectivity index (χ2v) is 7.69. The predicted octanol–water partition coefficient (Wildman–Crippen LogP) is 3.98. The van der Waals surface area contributed by atoms with E-state index in [1.54, 1.807) is 31.3 Å². The minimum Gasteiger partial charge on any atom is -0.332 e. The first-order chi connectivity index (χ1) is 12.8. The van der Waals surface area contributed by atoms with E-state index in [1.165, 1.54) is 16.2 Å². The zero-order chi connectivity index (χ0) is 19.7. The average Bonchev–Trinajstić information content (AvgIpc) is 2.92. The molecule has 1 N–H and O–H groups in total. The molecule has 0 saturated heterocycles. The van der Waals surface area contributed by atoms with Gasteiger partial charge in [-0.2, -0.15) is 0 Å². The second kappa shape index (κ2) is 7.62. The minimum absolute atomic E-state index is 0.0819. The van der Waals surface area contributed by atoms with Gasteiger partial charge >= 0.3 is 0 Å². The van der Waals surface area contributed by atoms with E-state index in [0.29, 0.717) is 21.4 Å². The molecule has 3 aromatic rings. The lowest BCUT2D eigenvalue weighted by Gasteiger charge is -2.16. The third kappa shape index (κ3) is 3.94. The number of anilines is 1. The molecule has 0 saturated carbocycles. The Bertz CT molecular complexity index is 1050. The van der Waals surface area contributed by atoms with Crippen molar-refractivity contribution >= 4 is 50.7 Å². The molecule has 0 bridgehead atoms. The number of amides is 2. The molecule has 0 spiro atoms. The highest BCUT2D eigenvalue weighted by Gasteiger charge is 2.22. The minimum atomic E-state index is -0.315. The van der Waals surface area contributed by atoms with Gasteiger partial charge in [0.25, 0.3) is 5.91 Å². The number of hydrogen-bond acceptors (Lipinski definition) is 5. The number of nitrogens with one attached hydrogen (secondary N) is 1. The number of nitrogens with zero attached hydrogens (tertiary/aromatic N) is 3. The van der Waals surface area contributed by atoms with Gasteiger partial charge in [-0.15, -0.1) is 11.3 Å². The number of aryl methyl sites for hydroxylation is 3. The molecule has 0 aliphatic carbocycles. The average molecular weight is 403 g/mol. The Morgan fingerprint density at radius 1 is 1.19 bits per heavy atom. The van der Waals surface area contributed by atoms with E-state index in [4.69, 9.17) is 11.6 Å². The molecule has 6 nitrogen and oxygen atoms in total. The molecule has 0 aliphatic rings.